The van der Waals surface area contributed by atoms with E-state index in [0.29, 0.717) is 22.2 Å². The quantitative estimate of drug-likeness (QED) is 0.781. The normalized spacial score (nSPS) is 10.4. The van der Waals surface area contributed by atoms with Crippen molar-refractivity contribution in [3.8, 4) is 0 Å². The number of thioether (sulfide) groups is 1. The van der Waals surface area contributed by atoms with Gasteiger partial charge in [0.1, 0.15) is 0 Å². The molecule has 1 amide bonds. The van der Waals surface area contributed by atoms with Gasteiger partial charge in [-0.2, -0.15) is 8.78 Å². The Balaban J connectivity index is 2.51. The topological polar surface area (TPSA) is 66.4 Å². The van der Waals surface area contributed by atoms with Crippen LogP contribution in [0.1, 0.15) is 16.8 Å². The average Bonchev–Trinajstić information content (AvgIpc) is 2.28. The van der Waals surface area contributed by atoms with Crippen molar-refractivity contribution in [1.29, 1.82) is 0 Å². The van der Waals surface area contributed by atoms with E-state index in [4.69, 9.17) is 5.11 Å². The zero-order valence-corrected chi connectivity index (χ0v) is 10.0. The molecule has 18 heavy (non-hydrogen) atoms. The lowest BCUT2D eigenvalue weighted by Gasteiger charge is -2.04. The first-order valence-corrected chi connectivity index (χ1v) is 5.92. The van der Waals surface area contributed by atoms with Crippen LogP contribution in [0.3, 0.4) is 0 Å². The number of carboxylic acids is 1. The minimum Gasteiger partial charge on any atom is -0.481 e. The van der Waals surface area contributed by atoms with Gasteiger partial charge in [-0.15, -0.1) is 0 Å². The Kier molecular flexibility index (Phi) is 5.57. The van der Waals surface area contributed by atoms with E-state index in [1.807, 2.05) is 0 Å². The largest absolute Gasteiger partial charge is 0.481 e. The third-order valence-corrected chi connectivity index (χ3v) is 2.69. The fraction of sp³-hybridized carbons (Fsp3) is 0.273. The van der Waals surface area contributed by atoms with Crippen LogP contribution in [0.2, 0.25) is 0 Å². The fourth-order valence-electron chi connectivity index (χ4n) is 1.17. The third-order valence-electron chi connectivity index (χ3n) is 1.97. The molecule has 0 fully saturated rings. The summed E-state index contributed by atoms with van der Waals surface area (Å²) in [6, 6.07) is 5.67. The molecule has 0 heterocycles. The Morgan fingerprint density at radius 3 is 2.39 bits per heavy atom. The van der Waals surface area contributed by atoms with E-state index in [1.54, 1.807) is 0 Å². The lowest BCUT2D eigenvalue weighted by Crippen LogP contribution is -2.25. The molecule has 0 atom stereocenters. The lowest BCUT2D eigenvalue weighted by atomic mass is 10.2. The Hall–Kier alpha value is -1.63. The maximum absolute atomic E-state index is 12.0. The molecule has 0 saturated heterocycles. The number of rotatable bonds is 6. The molecular formula is C11H11F2NO3S. The predicted octanol–water partition coefficient (Wildman–Crippen LogP) is 2.21. The highest BCUT2D eigenvalue weighted by Crippen LogP contribution is 2.24. The molecular weight excluding hydrogens is 264 g/mol. The fourth-order valence-corrected chi connectivity index (χ4v) is 1.67. The summed E-state index contributed by atoms with van der Waals surface area (Å²) in [7, 11) is 0. The molecule has 0 aliphatic carbocycles. The summed E-state index contributed by atoms with van der Waals surface area (Å²) in [6.45, 7) is 0.0295. The van der Waals surface area contributed by atoms with Crippen LogP contribution in [0, 0.1) is 0 Å². The number of carbonyl (C=O) groups is 2. The van der Waals surface area contributed by atoms with Crippen LogP contribution < -0.4 is 5.32 Å². The molecule has 1 rings (SSSR count). The van der Waals surface area contributed by atoms with Gasteiger partial charge in [-0.3, -0.25) is 9.59 Å². The van der Waals surface area contributed by atoms with Crippen LogP contribution in [-0.4, -0.2) is 29.3 Å². The first kappa shape index (κ1) is 14.4. The number of hydrogen-bond donors (Lipinski definition) is 2. The number of carboxylic acid groups (broad SMARTS) is 1. The summed E-state index contributed by atoms with van der Waals surface area (Å²) in [5.41, 5.74) is 0.305. The number of alkyl halides is 2. The Morgan fingerprint density at radius 1 is 1.28 bits per heavy atom. The van der Waals surface area contributed by atoms with Crippen molar-refractivity contribution in [2.75, 3.05) is 6.54 Å². The molecule has 0 bridgehead atoms. The molecule has 7 heteroatoms. The van der Waals surface area contributed by atoms with E-state index >= 15 is 0 Å². The maximum atomic E-state index is 12.0. The van der Waals surface area contributed by atoms with Crippen molar-refractivity contribution in [3.63, 3.8) is 0 Å². The van der Waals surface area contributed by atoms with E-state index in [9.17, 15) is 18.4 Å². The second kappa shape index (κ2) is 6.95. The van der Waals surface area contributed by atoms with Gasteiger partial charge in [-0.1, -0.05) is 11.8 Å². The van der Waals surface area contributed by atoms with Crippen LogP contribution in [0.15, 0.2) is 29.2 Å². The van der Waals surface area contributed by atoms with Crippen molar-refractivity contribution >= 4 is 23.6 Å². The van der Waals surface area contributed by atoms with Crippen LogP contribution in [0.5, 0.6) is 0 Å². The molecule has 2 N–H and O–H groups in total. The number of amides is 1. The summed E-state index contributed by atoms with van der Waals surface area (Å²) in [4.78, 5) is 22.1. The van der Waals surface area contributed by atoms with Crippen LogP contribution in [0.4, 0.5) is 8.78 Å². The van der Waals surface area contributed by atoms with Gasteiger partial charge in [0.25, 0.3) is 11.7 Å². The van der Waals surface area contributed by atoms with E-state index in [1.165, 1.54) is 24.3 Å². The number of benzene rings is 1. The predicted molar refractivity (Wildman–Crippen MR) is 62.9 cm³/mol. The third kappa shape index (κ3) is 5.13. The molecule has 0 aromatic heterocycles. The van der Waals surface area contributed by atoms with Gasteiger partial charge in [0.05, 0.1) is 6.42 Å². The molecule has 1 aromatic rings. The molecule has 0 spiro atoms. The van der Waals surface area contributed by atoms with Crippen LogP contribution >= 0.6 is 11.8 Å². The molecule has 0 aliphatic heterocycles. The van der Waals surface area contributed by atoms with Gasteiger partial charge in [0.15, 0.2) is 0 Å². The number of nitrogens with one attached hydrogen (secondary N) is 1. The van der Waals surface area contributed by atoms with E-state index in [0.717, 1.165) is 0 Å². The standard InChI is InChI=1S/C11H11F2NO3S/c12-11(13)18-8-3-1-7(2-4-8)10(17)14-6-5-9(15)16/h1-4,11H,5-6H2,(H,14,17)(H,15,16). The average molecular weight is 275 g/mol. The highest BCUT2D eigenvalue weighted by atomic mass is 32.2. The maximum Gasteiger partial charge on any atom is 0.305 e. The van der Waals surface area contributed by atoms with Crippen molar-refractivity contribution in [2.24, 2.45) is 0 Å². The number of aliphatic carboxylic acids is 1. The van der Waals surface area contributed by atoms with E-state index < -0.39 is 17.6 Å². The van der Waals surface area contributed by atoms with Gasteiger partial charge in [0, 0.05) is 17.0 Å². The Bertz CT molecular complexity index is 423. The molecule has 0 saturated carbocycles. The van der Waals surface area contributed by atoms with E-state index in [-0.39, 0.29) is 13.0 Å². The SMILES string of the molecule is O=C(O)CCNC(=O)c1ccc(SC(F)F)cc1. The molecule has 1 aromatic carbocycles. The van der Waals surface area contributed by atoms with Gasteiger partial charge >= 0.3 is 5.97 Å². The summed E-state index contributed by atoms with van der Waals surface area (Å²) in [5, 5.41) is 10.8. The minimum atomic E-state index is -2.50. The Morgan fingerprint density at radius 2 is 1.89 bits per heavy atom. The first-order valence-electron chi connectivity index (χ1n) is 5.04. The lowest BCUT2D eigenvalue weighted by molar-refractivity contribution is -0.136. The highest BCUT2D eigenvalue weighted by Gasteiger charge is 2.08. The molecule has 0 unspecified atom stereocenters. The molecule has 0 radical (unpaired) electrons. The van der Waals surface area contributed by atoms with Crippen LogP contribution in [-0.2, 0) is 4.79 Å². The van der Waals surface area contributed by atoms with Crippen molar-refractivity contribution in [1.82, 2.24) is 5.32 Å². The molecule has 98 valence electrons. The minimum absolute atomic E-state index is 0.0295. The number of halogens is 2. The van der Waals surface area contributed by atoms with Gasteiger partial charge < -0.3 is 10.4 Å². The number of carbonyl (C=O) groups excluding carboxylic acids is 1. The van der Waals surface area contributed by atoms with Crippen LogP contribution in [0.25, 0.3) is 0 Å². The zero-order chi connectivity index (χ0) is 13.5. The first-order chi connectivity index (χ1) is 8.49. The van der Waals surface area contributed by atoms with Crippen molar-refractivity contribution in [3.05, 3.63) is 29.8 Å². The summed E-state index contributed by atoms with van der Waals surface area (Å²) in [5.74, 6) is -3.93. The van der Waals surface area contributed by atoms with Crippen molar-refractivity contribution < 1.29 is 23.5 Å². The summed E-state index contributed by atoms with van der Waals surface area (Å²) >= 11 is 0.398. The monoisotopic (exact) mass is 275 g/mol. The van der Waals surface area contributed by atoms with Gasteiger partial charge in [-0.25, -0.2) is 0 Å². The zero-order valence-electron chi connectivity index (χ0n) is 9.23. The molecule has 0 aliphatic rings. The van der Waals surface area contributed by atoms with Gasteiger partial charge in [0.2, 0.25) is 0 Å². The summed E-state index contributed by atoms with van der Waals surface area (Å²) in [6.07, 6.45) is -0.162. The summed E-state index contributed by atoms with van der Waals surface area (Å²) < 4.78 is 24.1. The second-order valence-electron chi connectivity index (χ2n) is 3.30. The van der Waals surface area contributed by atoms with E-state index in [2.05, 4.69) is 5.32 Å². The Labute approximate surface area is 106 Å². The highest BCUT2D eigenvalue weighted by molar-refractivity contribution is 7.99. The second-order valence-corrected chi connectivity index (χ2v) is 4.37. The van der Waals surface area contributed by atoms with Gasteiger partial charge in [-0.05, 0) is 24.3 Å². The number of hydrogen-bond acceptors (Lipinski definition) is 3. The smallest absolute Gasteiger partial charge is 0.305 e. The molecule has 4 nitrogen and oxygen atoms in total. The van der Waals surface area contributed by atoms with Crippen molar-refractivity contribution in [2.45, 2.75) is 17.1 Å².